The third kappa shape index (κ3) is 4.79. The summed E-state index contributed by atoms with van der Waals surface area (Å²) in [5.74, 6) is 0.675. The largest absolute Gasteiger partial charge is 0.328 e. The number of piperidine rings is 1. The molecule has 0 radical (unpaired) electrons. The van der Waals surface area contributed by atoms with Crippen LogP contribution in [0.5, 0.6) is 0 Å². The Morgan fingerprint density at radius 1 is 1.26 bits per heavy atom. The maximum Gasteiger partial charge on any atom is 0.0233 e. The van der Waals surface area contributed by atoms with E-state index in [1.807, 2.05) is 0 Å². The Morgan fingerprint density at radius 3 is 2.47 bits per heavy atom. The van der Waals surface area contributed by atoms with Crippen LogP contribution < -0.4 is 5.73 Å². The summed E-state index contributed by atoms with van der Waals surface area (Å²) in [6, 6.07) is 9.38. The topological polar surface area (TPSA) is 29.3 Å². The molecule has 2 rings (SSSR count). The number of aryl methyl sites for hydroxylation is 1. The highest BCUT2D eigenvalue weighted by atomic mass is 35.5. The quantitative estimate of drug-likeness (QED) is 0.919. The minimum atomic E-state index is 0. The lowest BCUT2D eigenvalue weighted by atomic mass is 9.92. The Kier molecular flexibility index (Phi) is 6.84. The average Bonchev–Trinajstić information content (AvgIpc) is 2.40. The van der Waals surface area contributed by atoms with Crippen molar-refractivity contribution >= 4 is 12.4 Å². The van der Waals surface area contributed by atoms with Gasteiger partial charge in [0.25, 0.3) is 0 Å². The highest BCUT2D eigenvalue weighted by Gasteiger charge is 2.22. The van der Waals surface area contributed by atoms with Crippen LogP contribution >= 0.6 is 12.4 Å². The van der Waals surface area contributed by atoms with Crippen molar-refractivity contribution in [3.8, 4) is 0 Å². The number of hydrogen-bond acceptors (Lipinski definition) is 2. The summed E-state index contributed by atoms with van der Waals surface area (Å²) in [7, 11) is 0. The summed E-state index contributed by atoms with van der Waals surface area (Å²) < 4.78 is 0. The van der Waals surface area contributed by atoms with Crippen molar-refractivity contribution in [3.63, 3.8) is 0 Å². The number of likely N-dealkylation sites (tertiary alicyclic amines) is 1. The molecular formula is C16H27ClN2. The van der Waals surface area contributed by atoms with E-state index in [1.165, 1.54) is 30.5 Å². The molecule has 2 nitrogen and oxygen atoms in total. The lowest BCUT2D eigenvalue weighted by molar-refractivity contribution is 0.154. The Bertz CT molecular complexity index is 362. The van der Waals surface area contributed by atoms with Crippen molar-refractivity contribution in [2.45, 2.75) is 45.7 Å². The van der Waals surface area contributed by atoms with E-state index in [2.05, 4.69) is 43.0 Å². The van der Waals surface area contributed by atoms with Crippen LogP contribution in [-0.4, -0.2) is 24.0 Å². The van der Waals surface area contributed by atoms with Gasteiger partial charge in [-0.1, -0.05) is 31.2 Å². The van der Waals surface area contributed by atoms with Gasteiger partial charge in [0, 0.05) is 19.1 Å². The summed E-state index contributed by atoms with van der Waals surface area (Å²) in [4.78, 5) is 2.55. The van der Waals surface area contributed by atoms with E-state index < -0.39 is 0 Å². The second kappa shape index (κ2) is 7.88. The monoisotopic (exact) mass is 282 g/mol. The fourth-order valence-electron chi connectivity index (χ4n) is 2.80. The molecular weight excluding hydrogens is 256 g/mol. The van der Waals surface area contributed by atoms with Gasteiger partial charge in [-0.25, -0.2) is 0 Å². The van der Waals surface area contributed by atoms with Gasteiger partial charge in [-0.05, 0) is 49.8 Å². The summed E-state index contributed by atoms with van der Waals surface area (Å²) in [6.45, 7) is 7.80. The normalized spacial score (nSPS) is 21.7. The van der Waals surface area contributed by atoms with Crippen LogP contribution in [0.2, 0.25) is 0 Å². The molecule has 1 aromatic rings. The first-order chi connectivity index (χ1) is 8.69. The highest BCUT2D eigenvalue weighted by Crippen LogP contribution is 2.20. The SMILES string of the molecule is CCc1ccc(CN2CCCC(C(C)N)C2)cc1.Cl. The molecule has 0 aromatic heterocycles. The summed E-state index contributed by atoms with van der Waals surface area (Å²) in [6.07, 6.45) is 3.71. The lowest BCUT2D eigenvalue weighted by Crippen LogP contribution is -2.41. The van der Waals surface area contributed by atoms with Crippen molar-refractivity contribution in [2.24, 2.45) is 11.7 Å². The van der Waals surface area contributed by atoms with Crippen molar-refractivity contribution in [2.75, 3.05) is 13.1 Å². The number of halogens is 1. The van der Waals surface area contributed by atoms with E-state index in [9.17, 15) is 0 Å². The van der Waals surface area contributed by atoms with Crippen LogP contribution in [0.25, 0.3) is 0 Å². The molecule has 0 amide bonds. The highest BCUT2D eigenvalue weighted by molar-refractivity contribution is 5.85. The zero-order valence-electron chi connectivity index (χ0n) is 12.1. The lowest BCUT2D eigenvalue weighted by Gasteiger charge is -2.34. The van der Waals surface area contributed by atoms with E-state index in [1.54, 1.807) is 0 Å². The smallest absolute Gasteiger partial charge is 0.0233 e. The van der Waals surface area contributed by atoms with Crippen molar-refractivity contribution in [1.82, 2.24) is 4.90 Å². The predicted molar refractivity (Wildman–Crippen MR) is 84.7 cm³/mol. The Morgan fingerprint density at radius 2 is 1.89 bits per heavy atom. The Hall–Kier alpha value is -0.570. The zero-order valence-corrected chi connectivity index (χ0v) is 13.0. The van der Waals surface area contributed by atoms with Gasteiger partial charge in [-0.15, -0.1) is 12.4 Å². The minimum absolute atomic E-state index is 0. The minimum Gasteiger partial charge on any atom is -0.328 e. The number of rotatable bonds is 4. The molecule has 1 aliphatic rings. The molecule has 0 aliphatic carbocycles. The molecule has 0 saturated carbocycles. The van der Waals surface area contributed by atoms with Gasteiger partial charge < -0.3 is 5.73 Å². The van der Waals surface area contributed by atoms with Crippen LogP contribution in [0.3, 0.4) is 0 Å². The summed E-state index contributed by atoms with van der Waals surface area (Å²) in [5.41, 5.74) is 8.88. The maximum atomic E-state index is 6.03. The zero-order chi connectivity index (χ0) is 13.0. The molecule has 2 atom stereocenters. The molecule has 0 bridgehead atoms. The van der Waals surface area contributed by atoms with Gasteiger partial charge in [-0.3, -0.25) is 4.90 Å². The van der Waals surface area contributed by atoms with Crippen molar-refractivity contribution in [1.29, 1.82) is 0 Å². The van der Waals surface area contributed by atoms with E-state index in [-0.39, 0.29) is 12.4 Å². The third-order valence-corrected chi connectivity index (χ3v) is 4.12. The van der Waals surface area contributed by atoms with Crippen molar-refractivity contribution < 1.29 is 0 Å². The molecule has 1 saturated heterocycles. The molecule has 0 spiro atoms. The summed E-state index contributed by atoms with van der Waals surface area (Å²) >= 11 is 0. The van der Waals surface area contributed by atoms with Gasteiger partial charge in [0.15, 0.2) is 0 Å². The molecule has 3 heteroatoms. The second-order valence-electron chi connectivity index (χ2n) is 5.67. The number of hydrogen-bond donors (Lipinski definition) is 1. The molecule has 1 aliphatic heterocycles. The fraction of sp³-hybridized carbons (Fsp3) is 0.625. The number of nitrogens with zero attached hydrogens (tertiary/aromatic N) is 1. The average molecular weight is 283 g/mol. The Labute approximate surface area is 123 Å². The first-order valence-electron chi connectivity index (χ1n) is 7.24. The van der Waals surface area contributed by atoms with E-state index in [4.69, 9.17) is 5.73 Å². The molecule has 1 heterocycles. The number of benzene rings is 1. The summed E-state index contributed by atoms with van der Waals surface area (Å²) in [5, 5.41) is 0. The van der Waals surface area contributed by atoms with Gasteiger partial charge in [-0.2, -0.15) is 0 Å². The van der Waals surface area contributed by atoms with Crippen molar-refractivity contribution in [3.05, 3.63) is 35.4 Å². The van der Waals surface area contributed by atoms with E-state index in [0.717, 1.165) is 19.5 Å². The second-order valence-corrected chi connectivity index (χ2v) is 5.67. The molecule has 2 unspecified atom stereocenters. The van der Waals surface area contributed by atoms with Gasteiger partial charge in [0.05, 0.1) is 0 Å². The van der Waals surface area contributed by atoms with Crippen LogP contribution in [0.15, 0.2) is 24.3 Å². The Balaban J connectivity index is 0.00000180. The van der Waals surface area contributed by atoms with Crippen LogP contribution in [0, 0.1) is 5.92 Å². The molecule has 1 fully saturated rings. The van der Waals surface area contributed by atoms with Crippen LogP contribution in [0.4, 0.5) is 0 Å². The van der Waals surface area contributed by atoms with E-state index in [0.29, 0.717) is 12.0 Å². The molecule has 108 valence electrons. The fourth-order valence-corrected chi connectivity index (χ4v) is 2.80. The predicted octanol–water partition coefficient (Wildman–Crippen LogP) is 3.23. The van der Waals surface area contributed by atoms with E-state index >= 15 is 0 Å². The molecule has 19 heavy (non-hydrogen) atoms. The van der Waals surface area contributed by atoms with Gasteiger partial charge in [0.1, 0.15) is 0 Å². The first-order valence-corrected chi connectivity index (χ1v) is 7.24. The standard InChI is InChI=1S/C16H26N2.ClH/c1-3-14-6-8-15(9-7-14)11-18-10-4-5-16(12-18)13(2)17;/h6-9,13,16H,3-5,10-12,17H2,1-2H3;1H. The van der Waals surface area contributed by atoms with Gasteiger partial charge >= 0.3 is 0 Å². The van der Waals surface area contributed by atoms with Crippen LogP contribution in [-0.2, 0) is 13.0 Å². The molecule has 1 aromatic carbocycles. The third-order valence-electron chi connectivity index (χ3n) is 4.12. The number of nitrogens with two attached hydrogens (primary N) is 1. The van der Waals surface area contributed by atoms with Crippen LogP contribution in [0.1, 0.15) is 37.8 Å². The maximum absolute atomic E-state index is 6.03. The molecule has 2 N–H and O–H groups in total. The van der Waals surface area contributed by atoms with Gasteiger partial charge in [0.2, 0.25) is 0 Å². The first kappa shape index (κ1) is 16.5.